The predicted molar refractivity (Wildman–Crippen MR) is 78.7 cm³/mol. The number of piperidine rings is 1. The lowest BCUT2D eigenvalue weighted by molar-refractivity contribution is 0.0999. The molecule has 108 valence electrons. The van der Waals surface area contributed by atoms with Crippen molar-refractivity contribution in [2.45, 2.75) is 45.2 Å². The summed E-state index contributed by atoms with van der Waals surface area (Å²) >= 11 is 0. The topological polar surface area (TPSA) is 89.4 Å². The Bertz CT molecular complexity index is 500. The summed E-state index contributed by atoms with van der Waals surface area (Å²) in [6.45, 7) is 4.19. The number of nitrogens with two attached hydrogens (primary N) is 2. The van der Waals surface area contributed by atoms with Gasteiger partial charge in [-0.3, -0.25) is 9.59 Å². The van der Waals surface area contributed by atoms with Gasteiger partial charge in [0.2, 0.25) is 0 Å². The van der Waals surface area contributed by atoms with E-state index in [9.17, 15) is 9.59 Å². The Balaban J connectivity index is 2.63. The van der Waals surface area contributed by atoms with E-state index in [2.05, 4.69) is 18.7 Å². The Kier molecular flexibility index (Phi) is 3.97. The fraction of sp³-hybridized carbons (Fsp3) is 0.467. The molecule has 20 heavy (non-hydrogen) atoms. The molecular weight excluding hydrogens is 254 g/mol. The first-order valence-electron chi connectivity index (χ1n) is 6.94. The van der Waals surface area contributed by atoms with Crippen molar-refractivity contribution in [2.75, 3.05) is 4.90 Å². The van der Waals surface area contributed by atoms with E-state index in [0.29, 0.717) is 16.8 Å². The molecule has 1 fully saturated rings. The number of anilines is 1. The molecule has 0 aromatic heterocycles. The third-order valence-corrected chi connectivity index (χ3v) is 4.02. The SMILES string of the molecule is CC1CCCC(C)N1c1c(C(N)=O)cccc1C(N)=O. The summed E-state index contributed by atoms with van der Waals surface area (Å²) in [4.78, 5) is 25.5. The normalized spacial score (nSPS) is 22.6. The molecule has 2 amide bonds. The Hall–Kier alpha value is -2.04. The Morgan fingerprint density at radius 1 is 1.05 bits per heavy atom. The number of nitrogens with zero attached hydrogens (tertiary/aromatic N) is 1. The fourth-order valence-corrected chi connectivity index (χ4v) is 3.08. The number of carbonyl (C=O) groups excluding carboxylic acids is 2. The molecular formula is C15H21N3O2. The molecule has 0 spiro atoms. The summed E-state index contributed by atoms with van der Waals surface area (Å²) in [6.07, 6.45) is 3.19. The zero-order valence-electron chi connectivity index (χ0n) is 11.9. The van der Waals surface area contributed by atoms with E-state index in [4.69, 9.17) is 11.5 Å². The van der Waals surface area contributed by atoms with E-state index < -0.39 is 11.8 Å². The molecule has 0 bridgehead atoms. The Morgan fingerprint density at radius 3 is 1.90 bits per heavy atom. The number of amides is 2. The zero-order valence-corrected chi connectivity index (χ0v) is 11.9. The van der Waals surface area contributed by atoms with E-state index >= 15 is 0 Å². The van der Waals surface area contributed by atoms with Crippen molar-refractivity contribution in [1.82, 2.24) is 0 Å². The number of rotatable bonds is 3. The second-order valence-electron chi connectivity index (χ2n) is 5.47. The van der Waals surface area contributed by atoms with Crippen LogP contribution in [0.25, 0.3) is 0 Å². The lowest BCUT2D eigenvalue weighted by atomic mass is 9.93. The van der Waals surface area contributed by atoms with Crippen LogP contribution in [0.1, 0.15) is 53.8 Å². The molecule has 4 N–H and O–H groups in total. The number of carbonyl (C=O) groups is 2. The lowest BCUT2D eigenvalue weighted by Gasteiger charge is -2.42. The maximum atomic E-state index is 11.7. The van der Waals surface area contributed by atoms with Crippen molar-refractivity contribution < 1.29 is 9.59 Å². The van der Waals surface area contributed by atoms with E-state index in [1.165, 1.54) is 0 Å². The largest absolute Gasteiger partial charge is 0.366 e. The first-order chi connectivity index (χ1) is 9.43. The standard InChI is InChI=1S/C15H21N3O2/c1-9-5-3-6-10(2)18(9)13-11(14(16)19)7-4-8-12(13)15(17)20/h4,7-10H,3,5-6H2,1-2H3,(H2,16,19)(H2,17,20). The highest BCUT2D eigenvalue weighted by atomic mass is 16.1. The Labute approximate surface area is 118 Å². The van der Waals surface area contributed by atoms with Crippen LogP contribution in [0.5, 0.6) is 0 Å². The molecule has 0 aliphatic carbocycles. The van der Waals surface area contributed by atoms with Crippen molar-refractivity contribution in [2.24, 2.45) is 11.5 Å². The highest BCUT2D eigenvalue weighted by molar-refractivity contribution is 6.07. The zero-order chi connectivity index (χ0) is 14.9. The molecule has 1 heterocycles. The van der Waals surface area contributed by atoms with Crippen LogP contribution in [0.2, 0.25) is 0 Å². The minimum atomic E-state index is -0.534. The van der Waals surface area contributed by atoms with Gasteiger partial charge in [-0.2, -0.15) is 0 Å². The number of hydrogen-bond donors (Lipinski definition) is 2. The smallest absolute Gasteiger partial charge is 0.250 e. The average Bonchev–Trinajstić information content (AvgIpc) is 2.38. The lowest BCUT2D eigenvalue weighted by Crippen LogP contribution is -2.45. The van der Waals surface area contributed by atoms with Gasteiger partial charge >= 0.3 is 0 Å². The second-order valence-corrected chi connectivity index (χ2v) is 5.47. The number of para-hydroxylation sites is 1. The molecule has 1 aromatic carbocycles. The van der Waals surface area contributed by atoms with Crippen LogP contribution < -0.4 is 16.4 Å². The van der Waals surface area contributed by atoms with Crippen molar-refractivity contribution in [1.29, 1.82) is 0 Å². The minimum absolute atomic E-state index is 0.248. The van der Waals surface area contributed by atoms with Crippen LogP contribution in [0.4, 0.5) is 5.69 Å². The van der Waals surface area contributed by atoms with Crippen LogP contribution in [-0.2, 0) is 0 Å². The van der Waals surface area contributed by atoms with E-state index in [1.807, 2.05) is 0 Å². The summed E-state index contributed by atoms with van der Waals surface area (Å²) in [5.41, 5.74) is 12.2. The Morgan fingerprint density at radius 2 is 1.50 bits per heavy atom. The highest BCUT2D eigenvalue weighted by Crippen LogP contribution is 2.34. The summed E-state index contributed by atoms with van der Waals surface area (Å²) < 4.78 is 0. The fourth-order valence-electron chi connectivity index (χ4n) is 3.08. The molecule has 2 unspecified atom stereocenters. The number of primary amides is 2. The van der Waals surface area contributed by atoms with Crippen LogP contribution in [0, 0.1) is 0 Å². The maximum Gasteiger partial charge on any atom is 0.250 e. The third-order valence-electron chi connectivity index (χ3n) is 4.02. The van der Waals surface area contributed by atoms with Gasteiger partial charge in [-0.15, -0.1) is 0 Å². The van der Waals surface area contributed by atoms with Crippen molar-refractivity contribution >= 4 is 17.5 Å². The first kappa shape index (κ1) is 14.4. The molecule has 1 saturated heterocycles. The molecule has 0 saturated carbocycles. The van der Waals surface area contributed by atoms with Gasteiger partial charge in [0.05, 0.1) is 16.8 Å². The van der Waals surface area contributed by atoms with Crippen molar-refractivity contribution in [3.05, 3.63) is 29.3 Å². The summed E-state index contributed by atoms with van der Waals surface area (Å²) in [6, 6.07) is 5.44. The minimum Gasteiger partial charge on any atom is -0.366 e. The van der Waals surface area contributed by atoms with Gasteiger partial charge in [0.15, 0.2) is 0 Å². The summed E-state index contributed by atoms with van der Waals surface area (Å²) in [5.74, 6) is -1.07. The highest BCUT2D eigenvalue weighted by Gasteiger charge is 2.30. The van der Waals surface area contributed by atoms with Crippen LogP contribution in [0.15, 0.2) is 18.2 Å². The number of benzene rings is 1. The van der Waals surface area contributed by atoms with Crippen molar-refractivity contribution in [3.63, 3.8) is 0 Å². The van der Waals surface area contributed by atoms with E-state index in [0.717, 1.165) is 19.3 Å². The molecule has 1 aliphatic rings. The monoisotopic (exact) mass is 275 g/mol. The van der Waals surface area contributed by atoms with E-state index in [1.54, 1.807) is 18.2 Å². The third kappa shape index (κ3) is 2.48. The van der Waals surface area contributed by atoms with E-state index in [-0.39, 0.29) is 12.1 Å². The van der Waals surface area contributed by atoms with Crippen molar-refractivity contribution in [3.8, 4) is 0 Å². The van der Waals surface area contributed by atoms with Gasteiger partial charge in [-0.05, 0) is 45.2 Å². The van der Waals surface area contributed by atoms with Gasteiger partial charge in [-0.1, -0.05) is 6.07 Å². The van der Waals surface area contributed by atoms with Gasteiger partial charge < -0.3 is 16.4 Å². The van der Waals surface area contributed by atoms with Gasteiger partial charge in [0.25, 0.3) is 11.8 Å². The van der Waals surface area contributed by atoms with Crippen LogP contribution in [0.3, 0.4) is 0 Å². The molecule has 2 atom stereocenters. The molecule has 1 aliphatic heterocycles. The van der Waals surface area contributed by atoms with Gasteiger partial charge in [0.1, 0.15) is 0 Å². The second kappa shape index (κ2) is 5.53. The molecule has 1 aromatic rings. The molecule has 0 radical (unpaired) electrons. The first-order valence-corrected chi connectivity index (χ1v) is 6.94. The number of hydrogen-bond acceptors (Lipinski definition) is 3. The quantitative estimate of drug-likeness (QED) is 0.879. The molecule has 2 rings (SSSR count). The molecule has 5 heteroatoms. The van der Waals surface area contributed by atoms with Gasteiger partial charge in [-0.25, -0.2) is 0 Å². The maximum absolute atomic E-state index is 11.7. The van der Waals surface area contributed by atoms with Gasteiger partial charge in [0, 0.05) is 12.1 Å². The summed E-state index contributed by atoms with van der Waals surface area (Å²) in [7, 11) is 0. The molecule has 5 nitrogen and oxygen atoms in total. The predicted octanol–water partition coefficient (Wildman–Crippen LogP) is 1.65. The average molecular weight is 275 g/mol. The van der Waals surface area contributed by atoms with Crippen LogP contribution >= 0.6 is 0 Å². The van der Waals surface area contributed by atoms with Crippen LogP contribution in [-0.4, -0.2) is 23.9 Å². The summed E-state index contributed by atoms with van der Waals surface area (Å²) in [5, 5.41) is 0.